The van der Waals surface area contributed by atoms with Crippen molar-refractivity contribution in [2.24, 2.45) is 0 Å². The molecule has 0 saturated carbocycles. The minimum Gasteiger partial charge on any atom is -0.324 e. The van der Waals surface area contributed by atoms with E-state index in [1.807, 2.05) is 49.4 Å². The molecule has 0 aliphatic carbocycles. The van der Waals surface area contributed by atoms with Gasteiger partial charge in [-0.2, -0.15) is 5.26 Å². The largest absolute Gasteiger partial charge is 0.324 e. The highest BCUT2D eigenvalue weighted by Crippen LogP contribution is 2.26. The number of carbonyl (C=O) groups excluding carboxylic acids is 1. The molecule has 5 nitrogen and oxygen atoms in total. The summed E-state index contributed by atoms with van der Waals surface area (Å²) in [6.07, 6.45) is 1.05. The third kappa shape index (κ3) is 5.47. The van der Waals surface area contributed by atoms with Crippen LogP contribution in [0, 0.1) is 11.3 Å². The zero-order valence-corrected chi connectivity index (χ0v) is 18.3. The molecule has 0 radical (unpaired) electrons. The maximum Gasteiger partial charge on any atom is 0.241 e. The molecule has 0 unspecified atom stereocenters. The number of hydrogen-bond acceptors (Lipinski definition) is 4. The van der Waals surface area contributed by atoms with Gasteiger partial charge in [-0.3, -0.25) is 14.6 Å². The van der Waals surface area contributed by atoms with Crippen molar-refractivity contribution in [2.45, 2.75) is 45.7 Å². The number of carbonyl (C=O) groups is 1. The maximum atomic E-state index is 12.9. The van der Waals surface area contributed by atoms with E-state index in [0.29, 0.717) is 11.5 Å². The normalized spacial score (nSPS) is 17.1. The molecule has 2 atom stereocenters. The SMILES string of the molecule is CC[C@H](C)c1ccccc1NC(=O)[C@@H](C)N1CCN(Cc2ccc(C#N)cc2)CC1. The number of anilines is 1. The van der Waals surface area contributed by atoms with Crippen LogP contribution in [0.3, 0.4) is 0 Å². The first-order chi connectivity index (χ1) is 14.5. The summed E-state index contributed by atoms with van der Waals surface area (Å²) >= 11 is 0. The summed E-state index contributed by atoms with van der Waals surface area (Å²) in [4.78, 5) is 17.6. The molecule has 1 N–H and O–H groups in total. The van der Waals surface area contributed by atoms with Crippen molar-refractivity contribution in [3.8, 4) is 6.07 Å². The summed E-state index contributed by atoms with van der Waals surface area (Å²) in [7, 11) is 0. The Hall–Kier alpha value is -2.68. The molecule has 0 aromatic heterocycles. The van der Waals surface area contributed by atoms with Gasteiger partial charge in [-0.15, -0.1) is 0 Å². The molecule has 1 heterocycles. The molecule has 3 rings (SSSR count). The van der Waals surface area contributed by atoms with Gasteiger partial charge in [0, 0.05) is 38.4 Å². The van der Waals surface area contributed by atoms with Crippen LogP contribution in [0.25, 0.3) is 0 Å². The van der Waals surface area contributed by atoms with E-state index in [1.165, 1.54) is 11.1 Å². The fourth-order valence-electron chi connectivity index (χ4n) is 3.92. The van der Waals surface area contributed by atoms with Crippen LogP contribution < -0.4 is 5.32 Å². The van der Waals surface area contributed by atoms with E-state index in [4.69, 9.17) is 5.26 Å². The van der Waals surface area contributed by atoms with E-state index >= 15 is 0 Å². The fraction of sp³-hybridized carbons (Fsp3) is 0.440. The van der Waals surface area contributed by atoms with Crippen molar-refractivity contribution in [1.82, 2.24) is 9.80 Å². The maximum absolute atomic E-state index is 12.9. The average Bonchev–Trinajstić information content (AvgIpc) is 2.79. The Bertz CT molecular complexity index is 879. The first-order valence-corrected chi connectivity index (χ1v) is 10.9. The van der Waals surface area contributed by atoms with Crippen LogP contribution in [-0.2, 0) is 11.3 Å². The molecule has 1 aliphatic heterocycles. The van der Waals surface area contributed by atoms with Crippen molar-refractivity contribution in [2.75, 3.05) is 31.5 Å². The standard InChI is InChI=1S/C25H32N4O/c1-4-19(2)23-7-5-6-8-24(23)27-25(30)20(3)29-15-13-28(14-16-29)18-22-11-9-21(17-26)10-12-22/h5-12,19-20H,4,13-16,18H2,1-3H3,(H,27,30)/t19-,20+/m0/s1. The zero-order chi connectivity index (χ0) is 21.5. The van der Waals surface area contributed by atoms with Crippen LogP contribution in [0.2, 0.25) is 0 Å². The molecule has 5 heteroatoms. The number of piperazine rings is 1. The minimum atomic E-state index is -0.160. The predicted molar refractivity (Wildman–Crippen MR) is 121 cm³/mol. The summed E-state index contributed by atoms with van der Waals surface area (Å²) < 4.78 is 0. The van der Waals surface area contributed by atoms with Crippen LogP contribution >= 0.6 is 0 Å². The molecular weight excluding hydrogens is 372 g/mol. The van der Waals surface area contributed by atoms with Crippen LogP contribution in [-0.4, -0.2) is 47.9 Å². The number of amides is 1. The van der Waals surface area contributed by atoms with Crippen molar-refractivity contribution in [1.29, 1.82) is 5.26 Å². The summed E-state index contributed by atoms with van der Waals surface area (Å²) in [5, 5.41) is 12.1. The van der Waals surface area contributed by atoms with Crippen molar-refractivity contribution < 1.29 is 4.79 Å². The van der Waals surface area contributed by atoms with Gasteiger partial charge >= 0.3 is 0 Å². The molecule has 0 bridgehead atoms. The van der Waals surface area contributed by atoms with Crippen LogP contribution in [0.5, 0.6) is 0 Å². The highest BCUT2D eigenvalue weighted by molar-refractivity contribution is 5.95. The second-order valence-electron chi connectivity index (χ2n) is 8.18. The van der Waals surface area contributed by atoms with Crippen molar-refractivity contribution in [3.05, 3.63) is 65.2 Å². The van der Waals surface area contributed by atoms with Gasteiger partial charge < -0.3 is 5.32 Å². The van der Waals surface area contributed by atoms with Gasteiger partial charge in [-0.1, -0.05) is 44.2 Å². The van der Waals surface area contributed by atoms with Crippen LogP contribution in [0.1, 0.15) is 49.8 Å². The van der Waals surface area contributed by atoms with Gasteiger partial charge in [0.1, 0.15) is 0 Å². The molecule has 1 amide bonds. The fourth-order valence-corrected chi connectivity index (χ4v) is 3.92. The Morgan fingerprint density at radius 3 is 2.37 bits per heavy atom. The summed E-state index contributed by atoms with van der Waals surface area (Å²) in [6, 6.07) is 17.9. The van der Waals surface area contributed by atoms with E-state index in [-0.39, 0.29) is 11.9 Å². The lowest BCUT2D eigenvalue weighted by Gasteiger charge is -2.37. The first-order valence-electron chi connectivity index (χ1n) is 10.9. The number of para-hydroxylation sites is 1. The Labute approximate surface area is 180 Å². The minimum absolute atomic E-state index is 0.0614. The topological polar surface area (TPSA) is 59.4 Å². The molecule has 30 heavy (non-hydrogen) atoms. The average molecular weight is 405 g/mol. The van der Waals surface area contributed by atoms with Gasteiger partial charge in [-0.05, 0) is 48.6 Å². The second-order valence-corrected chi connectivity index (χ2v) is 8.18. The van der Waals surface area contributed by atoms with Gasteiger partial charge in [0.15, 0.2) is 0 Å². The lowest BCUT2D eigenvalue weighted by atomic mass is 9.97. The van der Waals surface area contributed by atoms with Crippen molar-refractivity contribution in [3.63, 3.8) is 0 Å². The summed E-state index contributed by atoms with van der Waals surface area (Å²) in [5.41, 5.74) is 4.05. The zero-order valence-electron chi connectivity index (χ0n) is 18.3. The highest BCUT2D eigenvalue weighted by Gasteiger charge is 2.26. The van der Waals surface area contributed by atoms with E-state index in [2.05, 4.69) is 41.1 Å². The summed E-state index contributed by atoms with van der Waals surface area (Å²) in [5.74, 6) is 0.480. The van der Waals surface area contributed by atoms with E-state index in [9.17, 15) is 4.79 Å². The van der Waals surface area contributed by atoms with E-state index in [1.54, 1.807) is 0 Å². The van der Waals surface area contributed by atoms with Gasteiger partial charge in [0.25, 0.3) is 0 Å². The molecule has 1 aliphatic rings. The third-order valence-corrected chi connectivity index (χ3v) is 6.19. The molecule has 1 saturated heterocycles. The molecule has 2 aromatic rings. The first kappa shape index (κ1) is 22.0. The lowest BCUT2D eigenvalue weighted by molar-refractivity contribution is -0.121. The van der Waals surface area contributed by atoms with E-state index < -0.39 is 0 Å². The van der Waals surface area contributed by atoms with Gasteiger partial charge in [0.2, 0.25) is 5.91 Å². The van der Waals surface area contributed by atoms with Crippen LogP contribution in [0.15, 0.2) is 48.5 Å². The van der Waals surface area contributed by atoms with Crippen molar-refractivity contribution >= 4 is 11.6 Å². The predicted octanol–water partition coefficient (Wildman–Crippen LogP) is 4.22. The highest BCUT2D eigenvalue weighted by atomic mass is 16.2. The number of nitriles is 1. The Morgan fingerprint density at radius 1 is 1.07 bits per heavy atom. The molecule has 1 fully saturated rings. The van der Waals surface area contributed by atoms with Gasteiger partial charge in [0.05, 0.1) is 17.7 Å². The molecule has 0 spiro atoms. The molecule has 2 aromatic carbocycles. The smallest absolute Gasteiger partial charge is 0.241 e. The number of hydrogen-bond donors (Lipinski definition) is 1. The van der Waals surface area contributed by atoms with Crippen LogP contribution in [0.4, 0.5) is 5.69 Å². The monoisotopic (exact) mass is 404 g/mol. The number of rotatable bonds is 7. The lowest BCUT2D eigenvalue weighted by Crippen LogP contribution is -2.52. The Kier molecular flexibility index (Phi) is 7.62. The summed E-state index contributed by atoms with van der Waals surface area (Å²) in [6.45, 7) is 10.8. The molecule has 158 valence electrons. The molecular formula is C25H32N4O. The quantitative estimate of drug-likeness (QED) is 0.751. The number of nitrogens with one attached hydrogen (secondary N) is 1. The Balaban J connectivity index is 1.53. The third-order valence-electron chi connectivity index (χ3n) is 6.19. The number of benzene rings is 2. The Morgan fingerprint density at radius 2 is 1.73 bits per heavy atom. The second kappa shape index (κ2) is 10.4. The van der Waals surface area contributed by atoms with Gasteiger partial charge in [-0.25, -0.2) is 0 Å². The number of nitrogens with zero attached hydrogens (tertiary/aromatic N) is 3. The van der Waals surface area contributed by atoms with E-state index in [0.717, 1.165) is 44.8 Å².